The summed E-state index contributed by atoms with van der Waals surface area (Å²) in [5, 5.41) is 6.81. The zero-order valence-electron chi connectivity index (χ0n) is 16.7. The van der Waals surface area contributed by atoms with Crippen LogP contribution in [0, 0.1) is 5.92 Å². The molecule has 26 heavy (non-hydrogen) atoms. The van der Waals surface area contributed by atoms with E-state index in [9.17, 15) is 0 Å². The largest absolute Gasteiger partial charge is 0.379 e. The zero-order valence-corrected chi connectivity index (χ0v) is 19.0. The number of nitrogens with one attached hydrogen (secondary N) is 2. The number of guanidine groups is 1. The van der Waals surface area contributed by atoms with Crippen LogP contribution in [0.15, 0.2) is 4.99 Å². The van der Waals surface area contributed by atoms with E-state index in [0.29, 0.717) is 6.10 Å². The smallest absolute Gasteiger partial charge is 0.191 e. The predicted molar refractivity (Wildman–Crippen MR) is 119 cm³/mol. The monoisotopic (exact) mass is 482 g/mol. The number of aliphatic imine (C=N–C) groups is 1. The van der Waals surface area contributed by atoms with Gasteiger partial charge in [-0.3, -0.25) is 9.89 Å². The van der Waals surface area contributed by atoms with Crippen LogP contribution in [-0.4, -0.2) is 76.1 Å². The molecule has 2 rings (SSSR count). The summed E-state index contributed by atoms with van der Waals surface area (Å²) in [5.41, 5.74) is 0. The molecule has 6 nitrogen and oxygen atoms in total. The maximum absolute atomic E-state index is 6.00. The fourth-order valence-corrected chi connectivity index (χ4v) is 3.80. The molecule has 2 aliphatic rings. The highest BCUT2D eigenvalue weighted by atomic mass is 127. The second-order valence-corrected chi connectivity index (χ2v) is 6.97. The molecule has 1 heterocycles. The minimum atomic E-state index is 0. The van der Waals surface area contributed by atoms with E-state index in [1.165, 1.54) is 25.7 Å². The van der Waals surface area contributed by atoms with Gasteiger partial charge >= 0.3 is 0 Å². The van der Waals surface area contributed by atoms with E-state index in [2.05, 4.69) is 29.4 Å². The molecule has 0 aromatic rings. The first-order valence-corrected chi connectivity index (χ1v) is 10.3. The highest BCUT2D eigenvalue weighted by Gasteiger charge is 2.24. The van der Waals surface area contributed by atoms with E-state index in [0.717, 1.165) is 77.4 Å². The number of halogens is 1. The van der Waals surface area contributed by atoms with Crippen LogP contribution in [0.4, 0.5) is 0 Å². The quantitative estimate of drug-likeness (QED) is 0.285. The average molecular weight is 482 g/mol. The second-order valence-electron chi connectivity index (χ2n) is 6.97. The van der Waals surface area contributed by atoms with Gasteiger partial charge in [-0.2, -0.15) is 0 Å². The topological polar surface area (TPSA) is 58.1 Å². The second kappa shape index (κ2) is 14.9. The molecular weight excluding hydrogens is 443 g/mol. The average Bonchev–Trinajstić information content (AvgIpc) is 3.16. The van der Waals surface area contributed by atoms with Gasteiger partial charge < -0.3 is 20.1 Å². The molecule has 7 heteroatoms. The Hall–Kier alpha value is -0.120. The molecule has 1 aliphatic carbocycles. The highest BCUT2D eigenvalue weighted by Crippen LogP contribution is 2.30. The van der Waals surface area contributed by atoms with Gasteiger partial charge in [-0.15, -0.1) is 24.0 Å². The molecule has 1 atom stereocenters. The SMILES string of the molecule is CCNC(=NCCC(OCC)C1CCCC1)NCCN1CCOCC1.I. The molecule has 0 aromatic carbocycles. The molecule has 0 aromatic heterocycles. The highest BCUT2D eigenvalue weighted by molar-refractivity contribution is 14.0. The van der Waals surface area contributed by atoms with Crippen molar-refractivity contribution in [1.29, 1.82) is 0 Å². The van der Waals surface area contributed by atoms with Crippen molar-refractivity contribution in [3.63, 3.8) is 0 Å². The fraction of sp³-hybridized carbons (Fsp3) is 0.947. The van der Waals surface area contributed by atoms with Crippen LogP contribution in [0.3, 0.4) is 0 Å². The van der Waals surface area contributed by atoms with Gasteiger partial charge in [0.15, 0.2) is 5.96 Å². The Morgan fingerprint density at radius 1 is 1.19 bits per heavy atom. The molecule has 154 valence electrons. The van der Waals surface area contributed by atoms with Gasteiger partial charge in [-0.1, -0.05) is 12.8 Å². The number of hydrogen-bond donors (Lipinski definition) is 2. The summed E-state index contributed by atoms with van der Waals surface area (Å²) in [6.45, 7) is 12.5. The number of hydrogen-bond acceptors (Lipinski definition) is 4. The van der Waals surface area contributed by atoms with Crippen LogP contribution in [0.2, 0.25) is 0 Å². The lowest BCUT2D eigenvalue weighted by atomic mass is 9.98. The van der Waals surface area contributed by atoms with Crippen molar-refractivity contribution in [2.75, 3.05) is 59.1 Å². The summed E-state index contributed by atoms with van der Waals surface area (Å²) in [7, 11) is 0. The maximum Gasteiger partial charge on any atom is 0.191 e. The molecule has 2 fully saturated rings. The summed E-state index contributed by atoms with van der Waals surface area (Å²) in [4.78, 5) is 7.20. The predicted octanol–water partition coefficient (Wildman–Crippen LogP) is 2.48. The normalized spacial score (nSPS) is 20.6. The third-order valence-corrected chi connectivity index (χ3v) is 5.16. The first kappa shape index (κ1) is 23.9. The van der Waals surface area contributed by atoms with E-state index in [1.54, 1.807) is 0 Å². The van der Waals surface area contributed by atoms with Gasteiger partial charge in [0.2, 0.25) is 0 Å². The summed E-state index contributed by atoms with van der Waals surface area (Å²) < 4.78 is 11.4. The lowest BCUT2D eigenvalue weighted by molar-refractivity contribution is 0.0177. The summed E-state index contributed by atoms with van der Waals surface area (Å²) >= 11 is 0. The van der Waals surface area contributed by atoms with Crippen molar-refractivity contribution in [3.05, 3.63) is 0 Å². The number of rotatable bonds is 10. The molecule has 0 amide bonds. The molecule has 0 radical (unpaired) electrons. The van der Waals surface area contributed by atoms with Gasteiger partial charge in [0.25, 0.3) is 0 Å². The van der Waals surface area contributed by atoms with Gasteiger partial charge in [0.1, 0.15) is 0 Å². The van der Waals surface area contributed by atoms with Crippen LogP contribution < -0.4 is 10.6 Å². The lowest BCUT2D eigenvalue weighted by Crippen LogP contribution is -2.44. The van der Waals surface area contributed by atoms with Crippen molar-refractivity contribution in [2.45, 2.75) is 52.1 Å². The van der Waals surface area contributed by atoms with Gasteiger partial charge in [-0.25, -0.2) is 0 Å². The molecule has 1 saturated heterocycles. The van der Waals surface area contributed by atoms with Crippen molar-refractivity contribution >= 4 is 29.9 Å². The van der Waals surface area contributed by atoms with Crippen molar-refractivity contribution < 1.29 is 9.47 Å². The van der Waals surface area contributed by atoms with Gasteiger partial charge in [0.05, 0.1) is 19.3 Å². The first-order valence-electron chi connectivity index (χ1n) is 10.3. The Morgan fingerprint density at radius 3 is 2.58 bits per heavy atom. The van der Waals surface area contributed by atoms with E-state index < -0.39 is 0 Å². The number of ether oxygens (including phenoxy) is 2. The Balaban J connectivity index is 0.00000338. The number of nitrogens with zero attached hydrogens (tertiary/aromatic N) is 2. The summed E-state index contributed by atoms with van der Waals surface area (Å²) in [6, 6.07) is 0. The molecule has 0 bridgehead atoms. The molecule has 2 N–H and O–H groups in total. The Labute approximate surface area is 176 Å². The van der Waals surface area contributed by atoms with E-state index in [-0.39, 0.29) is 24.0 Å². The summed E-state index contributed by atoms with van der Waals surface area (Å²) in [5.74, 6) is 1.67. The Bertz CT molecular complexity index is 373. The van der Waals surface area contributed by atoms with Gasteiger partial charge in [0, 0.05) is 45.9 Å². The number of morpholine rings is 1. The van der Waals surface area contributed by atoms with Crippen LogP contribution in [0.25, 0.3) is 0 Å². The Kier molecular flexibility index (Phi) is 13.7. The third-order valence-electron chi connectivity index (χ3n) is 5.16. The standard InChI is InChI=1S/C19H38N4O2.HI/c1-3-20-19(22-11-12-23-13-15-24-16-14-23)21-10-9-18(25-4-2)17-7-5-6-8-17;/h17-18H,3-16H2,1-2H3,(H2,20,21,22);1H. The van der Waals surface area contributed by atoms with Crippen molar-refractivity contribution in [2.24, 2.45) is 10.9 Å². The first-order chi connectivity index (χ1) is 12.3. The van der Waals surface area contributed by atoms with E-state index in [1.807, 2.05) is 0 Å². The zero-order chi connectivity index (χ0) is 17.7. The third kappa shape index (κ3) is 9.19. The Morgan fingerprint density at radius 2 is 1.92 bits per heavy atom. The van der Waals surface area contributed by atoms with Crippen LogP contribution in [0.5, 0.6) is 0 Å². The fourth-order valence-electron chi connectivity index (χ4n) is 3.80. The van der Waals surface area contributed by atoms with Crippen LogP contribution in [0.1, 0.15) is 46.0 Å². The molecule has 0 spiro atoms. The van der Waals surface area contributed by atoms with Crippen molar-refractivity contribution in [1.82, 2.24) is 15.5 Å². The minimum Gasteiger partial charge on any atom is -0.379 e. The summed E-state index contributed by atoms with van der Waals surface area (Å²) in [6.07, 6.45) is 6.79. The molecular formula is C19H39IN4O2. The maximum atomic E-state index is 6.00. The van der Waals surface area contributed by atoms with Crippen LogP contribution >= 0.6 is 24.0 Å². The van der Waals surface area contributed by atoms with Crippen LogP contribution in [-0.2, 0) is 9.47 Å². The van der Waals surface area contributed by atoms with Gasteiger partial charge in [-0.05, 0) is 39.0 Å². The van der Waals surface area contributed by atoms with E-state index >= 15 is 0 Å². The lowest BCUT2D eigenvalue weighted by Gasteiger charge is -2.26. The molecule has 1 aliphatic heterocycles. The minimum absolute atomic E-state index is 0. The van der Waals surface area contributed by atoms with Crippen molar-refractivity contribution in [3.8, 4) is 0 Å². The van der Waals surface area contributed by atoms with E-state index in [4.69, 9.17) is 14.5 Å². The molecule has 1 unspecified atom stereocenters. The molecule has 1 saturated carbocycles.